The lowest BCUT2D eigenvalue weighted by atomic mass is 9.83. The third kappa shape index (κ3) is 3.75. The van der Waals surface area contributed by atoms with Crippen LogP contribution in [0.4, 0.5) is 11.4 Å². The smallest absolute Gasteiger partial charge is 0.161 e. The van der Waals surface area contributed by atoms with Crippen LogP contribution in [0.5, 0.6) is 0 Å². The summed E-state index contributed by atoms with van der Waals surface area (Å²) in [6.07, 6.45) is 7.79. The van der Waals surface area contributed by atoms with E-state index in [1.165, 1.54) is 38.5 Å². The van der Waals surface area contributed by atoms with Crippen LogP contribution in [0.15, 0.2) is 18.2 Å². The van der Waals surface area contributed by atoms with Crippen LogP contribution in [-0.2, 0) is 0 Å². The molecule has 0 aliphatic heterocycles. The van der Waals surface area contributed by atoms with Crippen molar-refractivity contribution in [2.45, 2.75) is 58.4 Å². The summed E-state index contributed by atoms with van der Waals surface area (Å²) in [5.74, 6) is 0.942. The standard InChI is InChI=1S/C17H26N2O/c1-3-4-13-5-7-14(8-6-13)19-15-9-10-16(12(2)20)17(18)11-15/h9-11,13-14,19H,3-8,18H2,1-2H3. The van der Waals surface area contributed by atoms with Gasteiger partial charge in [0.25, 0.3) is 0 Å². The van der Waals surface area contributed by atoms with Crippen molar-refractivity contribution in [1.29, 1.82) is 0 Å². The molecule has 1 fully saturated rings. The van der Waals surface area contributed by atoms with Crippen molar-refractivity contribution in [3.05, 3.63) is 23.8 Å². The molecule has 1 aliphatic rings. The van der Waals surface area contributed by atoms with Gasteiger partial charge in [-0.3, -0.25) is 4.79 Å². The Morgan fingerprint density at radius 1 is 1.30 bits per heavy atom. The van der Waals surface area contributed by atoms with Gasteiger partial charge in [-0.1, -0.05) is 19.8 Å². The summed E-state index contributed by atoms with van der Waals surface area (Å²) in [6.45, 7) is 3.82. The van der Waals surface area contributed by atoms with Crippen LogP contribution in [-0.4, -0.2) is 11.8 Å². The van der Waals surface area contributed by atoms with E-state index in [0.717, 1.165) is 11.6 Å². The maximum Gasteiger partial charge on any atom is 0.161 e. The largest absolute Gasteiger partial charge is 0.398 e. The first kappa shape index (κ1) is 14.9. The fourth-order valence-corrected chi connectivity index (χ4v) is 3.21. The molecule has 0 aromatic heterocycles. The van der Waals surface area contributed by atoms with E-state index in [9.17, 15) is 4.79 Å². The van der Waals surface area contributed by atoms with Gasteiger partial charge in [0.05, 0.1) is 0 Å². The number of hydrogen-bond donors (Lipinski definition) is 2. The Labute approximate surface area is 121 Å². The normalized spacial score (nSPS) is 22.5. The highest BCUT2D eigenvalue weighted by Crippen LogP contribution is 2.30. The number of anilines is 2. The topological polar surface area (TPSA) is 55.1 Å². The van der Waals surface area contributed by atoms with Gasteiger partial charge in [-0.25, -0.2) is 0 Å². The van der Waals surface area contributed by atoms with Gasteiger partial charge in [0, 0.05) is 23.0 Å². The van der Waals surface area contributed by atoms with E-state index in [1.54, 1.807) is 6.92 Å². The molecule has 20 heavy (non-hydrogen) atoms. The van der Waals surface area contributed by atoms with E-state index in [0.29, 0.717) is 17.3 Å². The van der Waals surface area contributed by atoms with Crippen LogP contribution in [0.25, 0.3) is 0 Å². The Morgan fingerprint density at radius 2 is 2.00 bits per heavy atom. The Morgan fingerprint density at radius 3 is 2.55 bits per heavy atom. The molecule has 3 nitrogen and oxygen atoms in total. The summed E-state index contributed by atoms with van der Waals surface area (Å²) in [4.78, 5) is 11.4. The zero-order chi connectivity index (χ0) is 14.5. The molecule has 0 bridgehead atoms. The number of ketones is 1. The Bertz CT molecular complexity index is 462. The molecule has 3 heteroatoms. The lowest BCUT2D eigenvalue weighted by Gasteiger charge is -2.29. The highest BCUT2D eigenvalue weighted by Gasteiger charge is 2.20. The number of nitrogens with two attached hydrogens (primary N) is 1. The first-order valence-electron chi connectivity index (χ1n) is 7.77. The van der Waals surface area contributed by atoms with Gasteiger partial charge in [0.2, 0.25) is 0 Å². The summed E-state index contributed by atoms with van der Waals surface area (Å²) in [5.41, 5.74) is 8.15. The predicted molar refractivity (Wildman–Crippen MR) is 85.1 cm³/mol. The van der Waals surface area contributed by atoms with Gasteiger partial charge in [-0.15, -0.1) is 0 Å². The van der Waals surface area contributed by atoms with Crippen molar-refractivity contribution in [2.75, 3.05) is 11.1 Å². The summed E-state index contributed by atoms with van der Waals surface area (Å²) in [5, 5.41) is 3.56. The first-order chi connectivity index (χ1) is 9.60. The average molecular weight is 274 g/mol. The highest BCUT2D eigenvalue weighted by molar-refractivity contribution is 5.99. The second kappa shape index (κ2) is 6.78. The highest BCUT2D eigenvalue weighted by atomic mass is 16.1. The van der Waals surface area contributed by atoms with Crippen molar-refractivity contribution in [3.8, 4) is 0 Å². The van der Waals surface area contributed by atoms with E-state index in [4.69, 9.17) is 5.73 Å². The quantitative estimate of drug-likeness (QED) is 0.623. The summed E-state index contributed by atoms with van der Waals surface area (Å²) in [7, 11) is 0. The Kier molecular flexibility index (Phi) is 5.05. The molecule has 110 valence electrons. The molecule has 1 saturated carbocycles. The van der Waals surface area contributed by atoms with Gasteiger partial charge in [-0.2, -0.15) is 0 Å². The number of nitrogens with one attached hydrogen (secondary N) is 1. The molecule has 0 radical (unpaired) electrons. The van der Waals surface area contributed by atoms with E-state index < -0.39 is 0 Å². The van der Waals surface area contributed by atoms with Crippen molar-refractivity contribution in [1.82, 2.24) is 0 Å². The third-order valence-electron chi connectivity index (χ3n) is 4.35. The second-order valence-electron chi connectivity index (χ2n) is 6.01. The average Bonchev–Trinajstić information content (AvgIpc) is 2.41. The molecule has 1 aliphatic carbocycles. The molecule has 1 aromatic rings. The number of carbonyl (C=O) groups is 1. The number of hydrogen-bond acceptors (Lipinski definition) is 3. The monoisotopic (exact) mass is 274 g/mol. The van der Waals surface area contributed by atoms with Gasteiger partial charge in [0.1, 0.15) is 0 Å². The zero-order valence-electron chi connectivity index (χ0n) is 12.6. The molecule has 2 rings (SSSR count). The molecule has 0 unspecified atom stereocenters. The Hall–Kier alpha value is -1.51. The minimum atomic E-state index is 0.0223. The zero-order valence-corrected chi connectivity index (χ0v) is 12.6. The SMILES string of the molecule is CCCC1CCC(Nc2ccc(C(C)=O)c(N)c2)CC1. The molecule has 0 spiro atoms. The summed E-state index contributed by atoms with van der Waals surface area (Å²) in [6, 6.07) is 6.22. The van der Waals surface area contributed by atoms with Crippen LogP contribution in [0.1, 0.15) is 62.7 Å². The van der Waals surface area contributed by atoms with Gasteiger partial charge in [-0.05, 0) is 56.7 Å². The van der Waals surface area contributed by atoms with Crippen molar-refractivity contribution in [3.63, 3.8) is 0 Å². The molecule has 1 aromatic carbocycles. The molecular weight excluding hydrogens is 248 g/mol. The van der Waals surface area contributed by atoms with Gasteiger partial charge < -0.3 is 11.1 Å². The van der Waals surface area contributed by atoms with E-state index >= 15 is 0 Å². The minimum Gasteiger partial charge on any atom is -0.398 e. The lowest BCUT2D eigenvalue weighted by molar-refractivity contribution is 0.101. The van der Waals surface area contributed by atoms with Crippen LogP contribution in [0.3, 0.4) is 0 Å². The van der Waals surface area contributed by atoms with Gasteiger partial charge in [0.15, 0.2) is 5.78 Å². The van der Waals surface area contributed by atoms with E-state index in [1.807, 2.05) is 18.2 Å². The fourth-order valence-electron chi connectivity index (χ4n) is 3.21. The molecular formula is C17H26N2O. The maximum atomic E-state index is 11.4. The second-order valence-corrected chi connectivity index (χ2v) is 6.01. The number of nitrogen functional groups attached to an aromatic ring is 1. The summed E-state index contributed by atoms with van der Waals surface area (Å²) < 4.78 is 0. The van der Waals surface area contributed by atoms with Gasteiger partial charge >= 0.3 is 0 Å². The molecule has 3 N–H and O–H groups in total. The molecule has 0 heterocycles. The van der Waals surface area contributed by atoms with Crippen LogP contribution < -0.4 is 11.1 Å². The molecule has 0 atom stereocenters. The minimum absolute atomic E-state index is 0.0223. The number of benzene rings is 1. The van der Waals surface area contributed by atoms with Crippen LogP contribution in [0.2, 0.25) is 0 Å². The van der Waals surface area contributed by atoms with Crippen molar-refractivity contribution >= 4 is 17.2 Å². The Balaban J connectivity index is 1.91. The maximum absolute atomic E-state index is 11.4. The van der Waals surface area contributed by atoms with Crippen molar-refractivity contribution in [2.24, 2.45) is 5.92 Å². The number of rotatable bonds is 5. The third-order valence-corrected chi connectivity index (χ3v) is 4.35. The molecule has 0 amide bonds. The molecule has 0 saturated heterocycles. The van der Waals surface area contributed by atoms with Crippen LogP contribution >= 0.6 is 0 Å². The van der Waals surface area contributed by atoms with E-state index in [-0.39, 0.29) is 5.78 Å². The van der Waals surface area contributed by atoms with Crippen LogP contribution in [0, 0.1) is 5.92 Å². The van der Waals surface area contributed by atoms with E-state index in [2.05, 4.69) is 12.2 Å². The first-order valence-corrected chi connectivity index (χ1v) is 7.77. The summed E-state index contributed by atoms with van der Waals surface area (Å²) >= 11 is 0. The number of carbonyl (C=O) groups excluding carboxylic acids is 1. The number of Topliss-reactive ketones (excluding diaryl/α,β-unsaturated/α-hetero) is 1. The fraction of sp³-hybridized carbons (Fsp3) is 0.588. The van der Waals surface area contributed by atoms with Crippen molar-refractivity contribution < 1.29 is 4.79 Å². The lowest BCUT2D eigenvalue weighted by Crippen LogP contribution is -2.26. The predicted octanol–water partition coefficient (Wildman–Crippen LogP) is 4.24.